The lowest BCUT2D eigenvalue weighted by atomic mass is 9.75. The summed E-state index contributed by atoms with van der Waals surface area (Å²) in [5.74, 6) is -1.97. The highest BCUT2D eigenvalue weighted by atomic mass is 16.5. The molecule has 0 bridgehead atoms. The molecular weight excluding hydrogens is 372 g/mol. The van der Waals surface area contributed by atoms with Crippen LogP contribution >= 0.6 is 0 Å². The first-order valence-electron chi connectivity index (χ1n) is 8.99. The second-order valence-corrected chi connectivity index (χ2v) is 6.55. The van der Waals surface area contributed by atoms with Crippen LogP contribution in [-0.2, 0) is 19.7 Å². The molecule has 0 saturated carbocycles. The van der Waals surface area contributed by atoms with Gasteiger partial charge in [-0.3, -0.25) is 4.79 Å². The molecule has 0 unspecified atom stereocenters. The van der Waals surface area contributed by atoms with Gasteiger partial charge in [-0.15, -0.1) is 0 Å². The molecule has 2 heterocycles. The Morgan fingerprint density at radius 3 is 1.79 bits per heavy atom. The van der Waals surface area contributed by atoms with Gasteiger partial charge in [0.2, 0.25) is 5.41 Å². The minimum absolute atomic E-state index is 0.0590. The number of hydrogen-bond acceptors (Lipinski definition) is 5. The number of carboxylic acid groups (broad SMARTS) is 1. The molecule has 4 rings (SSSR count). The summed E-state index contributed by atoms with van der Waals surface area (Å²) in [7, 11) is 1.20. The smallest absolute Gasteiger partial charge is 0.335 e. The lowest BCUT2D eigenvalue weighted by Crippen LogP contribution is -2.41. The number of furan rings is 2. The fourth-order valence-electron chi connectivity index (χ4n) is 3.64. The van der Waals surface area contributed by atoms with Crippen LogP contribution in [0.5, 0.6) is 0 Å². The largest absolute Gasteiger partial charge is 0.480 e. The van der Waals surface area contributed by atoms with E-state index in [1.54, 1.807) is 55.5 Å². The van der Waals surface area contributed by atoms with E-state index in [4.69, 9.17) is 13.6 Å². The summed E-state index contributed by atoms with van der Waals surface area (Å²) in [5, 5.41) is 11.9. The number of para-hydroxylation sites is 2. The number of hydrogen-bond donors (Lipinski definition) is 1. The summed E-state index contributed by atoms with van der Waals surface area (Å²) in [6.07, 6.45) is 1.42. The van der Waals surface area contributed by atoms with Crippen molar-refractivity contribution >= 4 is 33.9 Å². The van der Waals surface area contributed by atoms with Crippen LogP contribution < -0.4 is 0 Å². The number of ether oxygens (including phenoxy) is 1. The number of aliphatic carboxylic acids is 1. The fourth-order valence-corrected chi connectivity index (χ4v) is 3.64. The Bertz CT molecular complexity index is 1120. The SMILES string of the molecule is CC=C(C(=O)OC)C(C(=O)O)(c1cc2ccccc2o1)c1cc2ccccc2o1. The molecule has 6 nitrogen and oxygen atoms in total. The number of allylic oxidation sites excluding steroid dienone is 1. The molecule has 146 valence electrons. The zero-order chi connectivity index (χ0) is 20.6. The molecule has 0 amide bonds. The van der Waals surface area contributed by atoms with E-state index in [1.165, 1.54) is 13.2 Å². The molecule has 29 heavy (non-hydrogen) atoms. The normalized spacial score (nSPS) is 12.4. The lowest BCUT2D eigenvalue weighted by Gasteiger charge is -2.26. The highest BCUT2D eigenvalue weighted by Gasteiger charge is 2.54. The molecule has 0 atom stereocenters. The molecule has 0 aliphatic heterocycles. The highest BCUT2D eigenvalue weighted by Crippen LogP contribution is 2.44. The van der Waals surface area contributed by atoms with Crippen molar-refractivity contribution in [3.05, 3.63) is 83.8 Å². The van der Waals surface area contributed by atoms with E-state index < -0.39 is 17.4 Å². The van der Waals surface area contributed by atoms with Crippen molar-refractivity contribution in [2.45, 2.75) is 12.3 Å². The molecule has 2 aromatic heterocycles. The van der Waals surface area contributed by atoms with E-state index in [9.17, 15) is 14.7 Å². The van der Waals surface area contributed by atoms with Crippen molar-refractivity contribution in [2.75, 3.05) is 7.11 Å². The van der Waals surface area contributed by atoms with Crippen molar-refractivity contribution in [1.82, 2.24) is 0 Å². The van der Waals surface area contributed by atoms with Gasteiger partial charge in [0.1, 0.15) is 22.7 Å². The van der Waals surface area contributed by atoms with Gasteiger partial charge in [0.05, 0.1) is 12.7 Å². The molecule has 6 heteroatoms. The first-order valence-corrected chi connectivity index (χ1v) is 8.99. The number of methoxy groups -OCH3 is 1. The van der Waals surface area contributed by atoms with Gasteiger partial charge < -0.3 is 18.7 Å². The van der Waals surface area contributed by atoms with Crippen LogP contribution in [0.1, 0.15) is 18.4 Å². The van der Waals surface area contributed by atoms with Crippen molar-refractivity contribution in [2.24, 2.45) is 0 Å². The van der Waals surface area contributed by atoms with Crippen LogP contribution in [-0.4, -0.2) is 24.2 Å². The summed E-state index contributed by atoms with van der Waals surface area (Å²) in [4.78, 5) is 25.5. The predicted molar refractivity (Wildman–Crippen MR) is 107 cm³/mol. The molecule has 2 aromatic carbocycles. The van der Waals surface area contributed by atoms with Gasteiger partial charge in [-0.25, -0.2) is 4.79 Å². The van der Waals surface area contributed by atoms with E-state index in [0.29, 0.717) is 21.9 Å². The number of carboxylic acids is 1. The minimum Gasteiger partial charge on any atom is -0.480 e. The van der Waals surface area contributed by atoms with Gasteiger partial charge >= 0.3 is 11.9 Å². The molecule has 0 aliphatic carbocycles. The quantitative estimate of drug-likeness (QED) is 0.393. The highest BCUT2D eigenvalue weighted by molar-refractivity contribution is 6.04. The Labute approximate surface area is 166 Å². The third-order valence-corrected chi connectivity index (χ3v) is 5.01. The third-order valence-electron chi connectivity index (χ3n) is 5.01. The number of carbonyl (C=O) groups is 2. The first kappa shape index (κ1) is 18.6. The van der Waals surface area contributed by atoms with Crippen LogP contribution in [0.3, 0.4) is 0 Å². The average Bonchev–Trinajstić information content (AvgIpc) is 3.35. The topological polar surface area (TPSA) is 89.9 Å². The van der Waals surface area contributed by atoms with Crippen molar-refractivity contribution in [3.8, 4) is 0 Å². The fraction of sp³-hybridized carbons (Fsp3) is 0.130. The Kier molecular flexibility index (Phi) is 4.47. The van der Waals surface area contributed by atoms with Crippen LogP contribution in [0.15, 0.2) is 81.1 Å². The number of esters is 1. The zero-order valence-electron chi connectivity index (χ0n) is 15.8. The van der Waals surface area contributed by atoms with Gasteiger partial charge in [-0.2, -0.15) is 0 Å². The molecule has 0 fully saturated rings. The van der Waals surface area contributed by atoms with Crippen molar-refractivity contribution in [1.29, 1.82) is 0 Å². The van der Waals surface area contributed by atoms with Crippen LogP contribution in [0.25, 0.3) is 21.9 Å². The zero-order valence-corrected chi connectivity index (χ0v) is 15.8. The van der Waals surface area contributed by atoms with E-state index in [0.717, 1.165) is 0 Å². The molecule has 1 N–H and O–H groups in total. The Hall–Kier alpha value is -3.80. The minimum atomic E-state index is -2.01. The summed E-state index contributed by atoms with van der Waals surface area (Å²) in [6, 6.07) is 17.5. The average molecular weight is 390 g/mol. The van der Waals surface area contributed by atoms with E-state index in [2.05, 4.69) is 0 Å². The summed E-state index contributed by atoms with van der Waals surface area (Å²) in [6.45, 7) is 1.58. The third kappa shape index (κ3) is 2.72. The summed E-state index contributed by atoms with van der Waals surface area (Å²) < 4.78 is 16.8. The van der Waals surface area contributed by atoms with Crippen molar-refractivity contribution < 1.29 is 28.3 Å². The lowest BCUT2D eigenvalue weighted by molar-refractivity contribution is -0.146. The second kappa shape index (κ2) is 6.98. The van der Waals surface area contributed by atoms with Gasteiger partial charge in [-0.1, -0.05) is 42.5 Å². The molecule has 4 aromatic rings. The Morgan fingerprint density at radius 2 is 1.41 bits per heavy atom. The summed E-state index contributed by atoms with van der Waals surface area (Å²) >= 11 is 0. The maximum Gasteiger partial charge on any atom is 0.335 e. The predicted octanol–water partition coefficient (Wildman–Crippen LogP) is 4.67. The Morgan fingerprint density at radius 1 is 0.931 bits per heavy atom. The van der Waals surface area contributed by atoms with Gasteiger partial charge in [0.25, 0.3) is 0 Å². The van der Waals surface area contributed by atoms with Crippen LogP contribution in [0.2, 0.25) is 0 Å². The molecule has 0 radical (unpaired) electrons. The molecular formula is C23H18O6. The van der Waals surface area contributed by atoms with E-state index in [-0.39, 0.29) is 17.1 Å². The number of fused-ring (bicyclic) bond motifs is 2. The number of carbonyl (C=O) groups excluding carboxylic acids is 1. The monoisotopic (exact) mass is 390 g/mol. The molecule has 0 aliphatic rings. The van der Waals surface area contributed by atoms with Gasteiger partial charge in [-0.05, 0) is 31.2 Å². The Balaban J connectivity index is 2.11. The van der Waals surface area contributed by atoms with E-state index >= 15 is 0 Å². The van der Waals surface area contributed by atoms with Crippen LogP contribution in [0, 0.1) is 0 Å². The van der Waals surface area contributed by atoms with Gasteiger partial charge in [0.15, 0.2) is 0 Å². The summed E-state index contributed by atoms with van der Waals surface area (Å²) in [5.41, 5.74) is -1.11. The van der Waals surface area contributed by atoms with Crippen molar-refractivity contribution in [3.63, 3.8) is 0 Å². The molecule has 0 saturated heterocycles. The maximum absolute atomic E-state index is 12.8. The number of rotatable bonds is 5. The second-order valence-electron chi connectivity index (χ2n) is 6.55. The van der Waals surface area contributed by atoms with Crippen LogP contribution in [0.4, 0.5) is 0 Å². The standard InChI is InChI=1S/C23H18O6/c1-3-16(21(24)27-2)23(22(25)26,19-12-14-8-4-6-10-17(14)28-19)20-13-15-9-5-7-11-18(15)29-20/h3-13H,1-2H3,(H,25,26). The maximum atomic E-state index is 12.8. The molecule has 0 spiro atoms. The van der Waals surface area contributed by atoms with E-state index in [1.807, 2.05) is 12.1 Å². The number of benzene rings is 2. The first-order chi connectivity index (χ1) is 14.0. The van der Waals surface area contributed by atoms with Gasteiger partial charge in [0, 0.05) is 10.8 Å².